The highest BCUT2D eigenvalue weighted by atomic mass is 35.5. The number of benzene rings is 1. The minimum Gasteiger partial charge on any atom is -0.495 e. The number of halogens is 5. The maximum atomic E-state index is 13.4. The molecule has 0 radical (unpaired) electrons. The molecule has 2 unspecified atom stereocenters. The zero-order valence-electron chi connectivity index (χ0n) is 19.6. The van der Waals surface area contributed by atoms with E-state index in [1.54, 1.807) is 13.2 Å². The Kier molecular flexibility index (Phi) is 7.85. The summed E-state index contributed by atoms with van der Waals surface area (Å²) in [5, 5.41) is 3.76. The fourth-order valence-corrected chi connectivity index (χ4v) is 5.36. The van der Waals surface area contributed by atoms with Crippen LogP contribution < -0.4 is 9.64 Å². The lowest BCUT2D eigenvalue weighted by Gasteiger charge is -2.45. The van der Waals surface area contributed by atoms with Gasteiger partial charge in [0.2, 0.25) is 0 Å². The van der Waals surface area contributed by atoms with Crippen LogP contribution in [0.15, 0.2) is 18.2 Å². The zero-order valence-corrected chi connectivity index (χ0v) is 21.1. The molecule has 0 N–H and O–H groups in total. The number of methoxy groups -OCH3 is 1. The summed E-state index contributed by atoms with van der Waals surface area (Å²) in [4.78, 5) is 18.7. The molecule has 2 atom stereocenters. The van der Waals surface area contributed by atoms with Crippen LogP contribution in [0.3, 0.4) is 0 Å². The van der Waals surface area contributed by atoms with Crippen molar-refractivity contribution in [2.24, 2.45) is 0 Å². The molecule has 0 aliphatic carbocycles. The Morgan fingerprint density at radius 2 is 1.91 bits per heavy atom. The largest absolute Gasteiger partial charge is 0.495 e. The SMILES string of the molecule is COc1cc(N2CCN(C(C=O)n3nc(C(F)(F)F)c(Cl)c3C)C(CN3CCCC3)C2)ccc1Cl. The van der Waals surface area contributed by atoms with Crippen molar-refractivity contribution < 1.29 is 22.7 Å². The van der Waals surface area contributed by atoms with Crippen LogP contribution in [-0.4, -0.2) is 78.3 Å². The first-order valence-electron chi connectivity index (χ1n) is 11.5. The van der Waals surface area contributed by atoms with E-state index < -0.39 is 23.1 Å². The lowest BCUT2D eigenvalue weighted by Crippen LogP contribution is -2.59. The van der Waals surface area contributed by atoms with E-state index in [0.29, 0.717) is 43.2 Å². The third-order valence-corrected chi connectivity index (χ3v) is 7.52. The molecule has 7 nitrogen and oxygen atoms in total. The molecule has 2 fully saturated rings. The molecular formula is C23H28Cl2F3N5O2. The van der Waals surface area contributed by atoms with Gasteiger partial charge in [0, 0.05) is 44.0 Å². The van der Waals surface area contributed by atoms with Gasteiger partial charge in [0.05, 0.1) is 22.8 Å². The monoisotopic (exact) mass is 533 g/mol. The molecule has 0 saturated carbocycles. The van der Waals surface area contributed by atoms with Crippen LogP contribution in [0.25, 0.3) is 0 Å². The Hall–Kier alpha value is -2.01. The first kappa shape index (κ1) is 26.1. The Morgan fingerprint density at radius 1 is 1.20 bits per heavy atom. The summed E-state index contributed by atoms with van der Waals surface area (Å²) >= 11 is 12.2. The van der Waals surface area contributed by atoms with Gasteiger partial charge in [-0.2, -0.15) is 18.3 Å². The summed E-state index contributed by atoms with van der Waals surface area (Å²) < 4.78 is 46.8. The van der Waals surface area contributed by atoms with Crippen LogP contribution >= 0.6 is 23.2 Å². The second kappa shape index (κ2) is 10.5. The first-order valence-corrected chi connectivity index (χ1v) is 12.2. The molecule has 35 heavy (non-hydrogen) atoms. The normalized spacial score (nSPS) is 20.9. The van der Waals surface area contributed by atoms with Gasteiger partial charge in [-0.25, -0.2) is 4.68 Å². The second-order valence-electron chi connectivity index (χ2n) is 8.90. The Balaban J connectivity index is 1.64. The van der Waals surface area contributed by atoms with Gasteiger partial charge in [-0.1, -0.05) is 23.2 Å². The quantitative estimate of drug-likeness (QED) is 0.488. The highest BCUT2D eigenvalue weighted by Crippen LogP contribution is 2.37. The number of ether oxygens (including phenoxy) is 1. The fourth-order valence-electron chi connectivity index (χ4n) is 4.94. The van der Waals surface area contributed by atoms with Gasteiger partial charge < -0.3 is 14.5 Å². The van der Waals surface area contributed by atoms with E-state index in [-0.39, 0.29) is 11.7 Å². The van der Waals surface area contributed by atoms with E-state index >= 15 is 0 Å². The molecule has 4 rings (SSSR count). The topological polar surface area (TPSA) is 53.8 Å². The van der Waals surface area contributed by atoms with E-state index in [0.717, 1.165) is 36.3 Å². The number of carbonyl (C=O) groups is 1. The Labute approximate surface area is 212 Å². The number of rotatable bonds is 7. The molecular weight excluding hydrogens is 506 g/mol. The number of aldehydes is 1. The molecule has 0 bridgehead atoms. The van der Waals surface area contributed by atoms with Gasteiger partial charge in [0.15, 0.2) is 18.1 Å². The zero-order chi connectivity index (χ0) is 25.3. The number of hydrogen-bond acceptors (Lipinski definition) is 6. The number of alkyl halides is 3. The van der Waals surface area contributed by atoms with Gasteiger partial charge in [-0.3, -0.25) is 9.69 Å². The Morgan fingerprint density at radius 3 is 2.51 bits per heavy atom. The molecule has 3 heterocycles. The third-order valence-electron chi connectivity index (χ3n) is 6.75. The van der Waals surface area contributed by atoms with Gasteiger partial charge in [-0.15, -0.1) is 0 Å². The van der Waals surface area contributed by atoms with Crippen LogP contribution in [-0.2, 0) is 11.0 Å². The summed E-state index contributed by atoms with van der Waals surface area (Å²) in [6.07, 6.45) is -2.86. The van der Waals surface area contributed by atoms with Crippen molar-refractivity contribution in [2.45, 2.75) is 38.1 Å². The van der Waals surface area contributed by atoms with Gasteiger partial charge in [-0.05, 0) is 45.0 Å². The molecule has 192 valence electrons. The maximum Gasteiger partial charge on any atom is 0.436 e. The average molecular weight is 534 g/mol. The van der Waals surface area contributed by atoms with Crippen LogP contribution in [0.1, 0.15) is 30.4 Å². The predicted molar refractivity (Wildman–Crippen MR) is 128 cm³/mol. The number of likely N-dealkylation sites (tertiary alicyclic amines) is 1. The van der Waals surface area contributed by atoms with Crippen LogP contribution in [0.4, 0.5) is 18.9 Å². The van der Waals surface area contributed by atoms with E-state index in [1.165, 1.54) is 6.92 Å². The van der Waals surface area contributed by atoms with Crippen molar-refractivity contribution in [3.8, 4) is 5.75 Å². The second-order valence-corrected chi connectivity index (χ2v) is 9.69. The van der Waals surface area contributed by atoms with Gasteiger partial charge in [0.25, 0.3) is 0 Å². The smallest absolute Gasteiger partial charge is 0.436 e. The summed E-state index contributed by atoms with van der Waals surface area (Å²) in [6, 6.07) is 5.43. The summed E-state index contributed by atoms with van der Waals surface area (Å²) in [5.74, 6) is 0.565. The van der Waals surface area contributed by atoms with Gasteiger partial charge in [0.1, 0.15) is 5.75 Å². The van der Waals surface area contributed by atoms with Crippen molar-refractivity contribution >= 4 is 35.2 Å². The number of nitrogens with zero attached hydrogens (tertiary/aromatic N) is 5. The number of aromatic nitrogens is 2. The maximum absolute atomic E-state index is 13.4. The van der Waals surface area contributed by atoms with Crippen LogP contribution in [0.5, 0.6) is 5.75 Å². The summed E-state index contributed by atoms with van der Waals surface area (Å²) in [5.41, 5.74) is -0.134. The fraction of sp³-hybridized carbons (Fsp3) is 0.565. The van der Waals surface area contributed by atoms with Gasteiger partial charge >= 0.3 is 6.18 Å². The molecule has 2 aliphatic heterocycles. The Bertz CT molecular complexity index is 1060. The van der Waals surface area contributed by atoms with Crippen molar-refractivity contribution in [1.82, 2.24) is 19.6 Å². The average Bonchev–Trinajstić information content (AvgIpc) is 3.44. The third kappa shape index (κ3) is 5.40. The molecule has 2 aliphatic rings. The van der Waals surface area contributed by atoms with Crippen molar-refractivity contribution in [3.05, 3.63) is 39.6 Å². The number of piperazine rings is 1. The molecule has 12 heteroatoms. The minimum absolute atomic E-state index is 0.112. The lowest BCUT2D eigenvalue weighted by molar-refractivity contribution is -0.142. The first-order chi connectivity index (χ1) is 16.6. The molecule has 0 amide bonds. The number of hydrogen-bond donors (Lipinski definition) is 0. The molecule has 2 aromatic rings. The van der Waals surface area contributed by atoms with E-state index in [4.69, 9.17) is 27.9 Å². The highest BCUT2D eigenvalue weighted by Gasteiger charge is 2.41. The summed E-state index contributed by atoms with van der Waals surface area (Å²) in [6.45, 7) is 5.63. The van der Waals surface area contributed by atoms with Crippen molar-refractivity contribution in [2.75, 3.05) is 51.3 Å². The van der Waals surface area contributed by atoms with E-state index in [9.17, 15) is 18.0 Å². The van der Waals surface area contributed by atoms with Crippen LogP contribution in [0.2, 0.25) is 10.0 Å². The number of anilines is 1. The molecule has 1 aromatic carbocycles. The van der Waals surface area contributed by atoms with Crippen molar-refractivity contribution in [3.63, 3.8) is 0 Å². The van der Waals surface area contributed by atoms with E-state index in [1.807, 2.05) is 17.0 Å². The standard InChI is InChI=1S/C23H28Cl2F3N5O2/c1-15-21(25)22(23(26,27)28)29-33(15)20(14-34)32-10-9-31(13-17(32)12-30-7-3-4-8-30)16-5-6-18(24)19(11-16)35-2/h5-6,11,14,17,20H,3-4,7-10,12-13H2,1-2H3. The minimum atomic E-state index is -4.71. The number of carbonyl (C=O) groups excluding carboxylic acids is 1. The molecule has 2 saturated heterocycles. The van der Waals surface area contributed by atoms with Crippen LogP contribution in [0, 0.1) is 6.92 Å². The lowest BCUT2D eigenvalue weighted by atomic mass is 10.1. The molecule has 1 aromatic heterocycles. The summed E-state index contributed by atoms with van der Waals surface area (Å²) in [7, 11) is 1.56. The molecule has 0 spiro atoms. The highest BCUT2D eigenvalue weighted by molar-refractivity contribution is 6.32. The predicted octanol–water partition coefficient (Wildman–Crippen LogP) is 4.51. The van der Waals surface area contributed by atoms with E-state index in [2.05, 4.69) is 14.9 Å². The van der Waals surface area contributed by atoms with Crippen molar-refractivity contribution in [1.29, 1.82) is 0 Å².